The number of aromatic nitrogens is 3. The number of amides is 1. The Labute approximate surface area is 161 Å². The molecule has 1 N–H and O–H groups in total. The summed E-state index contributed by atoms with van der Waals surface area (Å²) in [6.07, 6.45) is 3.24. The van der Waals surface area contributed by atoms with Gasteiger partial charge in [-0.2, -0.15) is 0 Å². The van der Waals surface area contributed by atoms with Crippen LogP contribution in [0.1, 0.15) is 19.4 Å². The fraction of sp³-hybridized carbons (Fsp3) is 0.158. The van der Waals surface area contributed by atoms with E-state index in [1.165, 1.54) is 22.2 Å². The van der Waals surface area contributed by atoms with Gasteiger partial charge >= 0.3 is 0 Å². The van der Waals surface area contributed by atoms with Crippen LogP contribution < -0.4 is 10.9 Å². The molecule has 0 saturated carbocycles. The molecule has 6 nitrogen and oxygen atoms in total. The number of anilines is 1. The standard InChI is InChI=1S/C19H14F2N4O2S/c1-2-14(17(26)24-13-6-5-10(20)8-12(13)21)25-9-23-15-11-4-3-7-22-18(11)28-16(15)19(25)27/h3-9,14H,2H2,1H3,(H,24,26)/t14-/m0/s1. The van der Waals surface area contributed by atoms with Gasteiger partial charge < -0.3 is 5.32 Å². The van der Waals surface area contributed by atoms with E-state index in [0.717, 1.165) is 17.5 Å². The van der Waals surface area contributed by atoms with Gasteiger partial charge in [0.15, 0.2) is 0 Å². The van der Waals surface area contributed by atoms with E-state index >= 15 is 0 Å². The Morgan fingerprint density at radius 2 is 2.11 bits per heavy atom. The van der Waals surface area contributed by atoms with E-state index < -0.39 is 23.6 Å². The maximum absolute atomic E-state index is 13.8. The average Bonchev–Trinajstić information content (AvgIpc) is 3.06. The third kappa shape index (κ3) is 3.03. The van der Waals surface area contributed by atoms with Gasteiger partial charge in [-0.15, -0.1) is 11.3 Å². The van der Waals surface area contributed by atoms with Gasteiger partial charge in [0, 0.05) is 17.6 Å². The van der Waals surface area contributed by atoms with E-state index in [0.29, 0.717) is 21.1 Å². The minimum atomic E-state index is -0.896. The number of hydrogen-bond acceptors (Lipinski definition) is 5. The number of carbonyl (C=O) groups is 1. The van der Waals surface area contributed by atoms with Crippen molar-refractivity contribution >= 4 is 43.4 Å². The molecule has 1 amide bonds. The highest BCUT2D eigenvalue weighted by atomic mass is 32.1. The molecule has 0 radical (unpaired) electrons. The van der Waals surface area contributed by atoms with Crippen molar-refractivity contribution in [3.8, 4) is 0 Å². The first-order valence-corrected chi connectivity index (χ1v) is 9.31. The third-order valence-electron chi connectivity index (χ3n) is 4.39. The van der Waals surface area contributed by atoms with E-state index in [2.05, 4.69) is 15.3 Å². The maximum Gasteiger partial charge on any atom is 0.272 e. The normalized spacial score (nSPS) is 12.4. The summed E-state index contributed by atoms with van der Waals surface area (Å²) in [6, 6.07) is 5.56. The quantitative estimate of drug-likeness (QED) is 0.564. The van der Waals surface area contributed by atoms with Crippen LogP contribution in [0.3, 0.4) is 0 Å². The zero-order chi connectivity index (χ0) is 19.8. The molecule has 4 aromatic rings. The number of nitrogens with one attached hydrogen (secondary N) is 1. The largest absolute Gasteiger partial charge is 0.322 e. The highest BCUT2D eigenvalue weighted by Crippen LogP contribution is 2.28. The number of thiophene rings is 1. The highest BCUT2D eigenvalue weighted by Gasteiger charge is 2.23. The molecule has 0 unspecified atom stereocenters. The van der Waals surface area contributed by atoms with Crippen LogP contribution in [0.5, 0.6) is 0 Å². The second-order valence-electron chi connectivity index (χ2n) is 6.13. The molecule has 0 aliphatic rings. The number of benzene rings is 1. The van der Waals surface area contributed by atoms with E-state index in [-0.39, 0.29) is 17.7 Å². The molecular weight excluding hydrogens is 386 g/mol. The number of nitrogens with zero attached hydrogens (tertiary/aromatic N) is 3. The first kappa shape index (κ1) is 18.2. The van der Waals surface area contributed by atoms with Crippen LogP contribution in [-0.2, 0) is 4.79 Å². The number of rotatable bonds is 4. The molecule has 0 aliphatic heterocycles. The van der Waals surface area contributed by atoms with Crippen molar-refractivity contribution in [3.05, 3.63) is 64.8 Å². The van der Waals surface area contributed by atoms with Crippen LogP contribution in [0.25, 0.3) is 20.4 Å². The first-order chi connectivity index (χ1) is 13.5. The van der Waals surface area contributed by atoms with Crippen LogP contribution in [0.4, 0.5) is 14.5 Å². The van der Waals surface area contributed by atoms with Gasteiger partial charge in [0.2, 0.25) is 5.91 Å². The van der Waals surface area contributed by atoms with Crippen LogP contribution >= 0.6 is 11.3 Å². The summed E-state index contributed by atoms with van der Waals surface area (Å²) >= 11 is 1.21. The molecule has 0 bridgehead atoms. The number of fused-ring (bicyclic) bond motifs is 3. The molecule has 0 saturated heterocycles. The number of hydrogen-bond donors (Lipinski definition) is 1. The monoisotopic (exact) mass is 400 g/mol. The van der Waals surface area contributed by atoms with E-state index in [9.17, 15) is 18.4 Å². The fourth-order valence-electron chi connectivity index (χ4n) is 3.02. The SMILES string of the molecule is CC[C@@H](C(=O)Nc1ccc(F)cc1F)n1cnc2c(sc3ncccc32)c1=O. The van der Waals surface area contributed by atoms with Crippen molar-refractivity contribution in [2.24, 2.45) is 0 Å². The summed E-state index contributed by atoms with van der Waals surface area (Å²) in [4.78, 5) is 34.9. The van der Waals surface area contributed by atoms with Crippen molar-refractivity contribution < 1.29 is 13.6 Å². The predicted octanol–water partition coefficient (Wildman–Crippen LogP) is 3.87. The molecule has 4 rings (SSSR count). The van der Waals surface area contributed by atoms with Crippen molar-refractivity contribution in [2.45, 2.75) is 19.4 Å². The molecule has 3 heterocycles. The molecule has 9 heteroatoms. The fourth-order valence-corrected chi connectivity index (χ4v) is 4.05. The van der Waals surface area contributed by atoms with Crippen LogP contribution in [0.15, 0.2) is 47.7 Å². The van der Waals surface area contributed by atoms with Gasteiger partial charge in [0.25, 0.3) is 5.56 Å². The summed E-state index contributed by atoms with van der Waals surface area (Å²) < 4.78 is 28.5. The van der Waals surface area contributed by atoms with Gasteiger partial charge in [-0.25, -0.2) is 18.7 Å². The van der Waals surface area contributed by atoms with Crippen molar-refractivity contribution in [3.63, 3.8) is 0 Å². The van der Waals surface area contributed by atoms with Crippen molar-refractivity contribution in [2.75, 3.05) is 5.32 Å². The third-order valence-corrected chi connectivity index (χ3v) is 5.48. The van der Waals surface area contributed by atoms with Crippen LogP contribution in [-0.4, -0.2) is 20.4 Å². The van der Waals surface area contributed by atoms with E-state index in [1.54, 1.807) is 19.2 Å². The zero-order valence-corrected chi connectivity index (χ0v) is 15.5. The second-order valence-corrected chi connectivity index (χ2v) is 7.13. The number of carbonyl (C=O) groups excluding carboxylic acids is 1. The van der Waals surface area contributed by atoms with Gasteiger partial charge in [-0.1, -0.05) is 6.92 Å². The summed E-state index contributed by atoms with van der Waals surface area (Å²) in [5, 5.41) is 3.19. The van der Waals surface area contributed by atoms with Crippen LogP contribution in [0.2, 0.25) is 0 Å². The number of halogens is 2. The predicted molar refractivity (Wildman–Crippen MR) is 103 cm³/mol. The van der Waals surface area contributed by atoms with Crippen molar-refractivity contribution in [1.82, 2.24) is 14.5 Å². The molecule has 0 fully saturated rings. The summed E-state index contributed by atoms with van der Waals surface area (Å²) in [7, 11) is 0. The topological polar surface area (TPSA) is 76.9 Å². The molecular formula is C19H14F2N4O2S. The molecule has 0 aliphatic carbocycles. The molecule has 3 aromatic heterocycles. The Hall–Kier alpha value is -3.20. The van der Waals surface area contributed by atoms with Crippen molar-refractivity contribution in [1.29, 1.82) is 0 Å². The van der Waals surface area contributed by atoms with Gasteiger partial charge in [0.1, 0.15) is 27.2 Å². The number of pyridine rings is 1. The minimum Gasteiger partial charge on any atom is -0.322 e. The molecule has 1 aromatic carbocycles. The molecule has 28 heavy (non-hydrogen) atoms. The lowest BCUT2D eigenvalue weighted by molar-refractivity contribution is -0.119. The molecule has 1 atom stereocenters. The maximum atomic E-state index is 13.8. The highest BCUT2D eigenvalue weighted by molar-refractivity contribution is 7.25. The molecule has 142 valence electrons. The Morgan fingerprint density at radius 3 is 2.86 bits per heavy atom. The summed E-state index contributed by atoms with van der Waals surface area (Å²) in [5.41, 5.74) is 0.0155. The summed E-state index contributed by atoms with van der Waals surface area (Å²) in [5.74, 6) is -2.22. The minimum absolute atomic E-state index is 0.155. The lowest BCUT2D eigenvalue weighted by Crippen LogP contribution is -2.33. The van der Waals surface area contributed by atoms with Gasteiger partial charge in [-0.05, 0) is 30.7 Å². The Morgan fingerprint density at radius 1 is 1.29 bits per heavy atom. The lowest BCUT2D eigenvalue weighted by atomic mass is 10.2. The lowest BCUT2D eigenvalue weighted by Gasteiger charge is -2.17. The van der Waals surface area contributed by atoms with E-state index in [4.69, 9.17) is 0 Å². The molecule has 0 spiro atoms. The smallest absolute Gasteiger partial charge is 0.272 e. The summed E-state index contributed by atoms with van der Waals surface area (Å²) in [6.45, 7) is 1.73. The van der Waals surface area contributed by atoms with Gasteiger partial charge in [0.05, 0.1) is 17.5 Å². The average molecular weight is 400 g/mol. The van der Waals surface area contributed by atoms with E-state index in [1.807, 2.05) is 6.07 Å². The van der Waals surface area contributed by atoms with Gasteiger partial charge in [-0.3, -0.25) is 14.2 Å². The first-order valence-electron chi connectivity index (χ1n) is 8.50. The zero-order valence-electron chi connectivity index (χ0n) is 14.6. The Kier molecular flexibility index (Phi) is 4.60. The Balaban J connectivity index is 1.74. The Bertz CT molecular complexity index is 1270. The second kappa shape index (κ2) is 7.08. The van der Waals surface area contributed by atoms with Crippen LogP contribution in [0, 0.1) is 11.6 Å².